The van der Waals surface area contributed by atoms with E-state index >= 15 is 0 Å². The number of ketones is 1. The van der Waals surface area contributed by atoms with E-state index in [4.69, 9.17) is 22.2 Å². The van der Waals surface area contributed by atoms with Gasteiger partial charge in [-0.15, -0.1) is 0 Å². The normalized spacial score (nSPS) is 11.3. The number of nitrogens with zero attached hydrogens (tertiary/aromatic N) is 20. The minimum atomic E-state index is -0.610. The SMILES string of the molecule is CC(C)C(=O)Nc1cncc(-c2cnc3n[nH]c(-c4nc5c(C(N)=O)cncc5[nH]4)c3c2)c1.CC(C)CC(=O)Nc1cncc(-c2cnc3n[nH]c(-c4nc5c(-c6ccccc6F)cncc5[nH]4)c3c2)c1.CCC(=O)Cc1ccc(-c2cnc3n[nH]c(-c4nc5c(C(N)=O)cncc5[nH]4)c3c2)cn1.CCC(=O)Nc1cncc(-c2cnc3n[nH]c(-c4nc5c(C(N)=O)cncc5[nH]4)c3c2)c1. The van der Waals surface area contributed by atoms with E-state index in [1.54, 1.807) is 124 Å². The number of carbonyl (C=O) groups excluding carboxylic acids is 7. The zero-order valence-electron chi connectivity index (χ0n) is 72.4. The van der Waals surface area contributed by atoms with Crippen molar-refractivity contribution >= 4 is 147 Å². The van der Waals surface area contributed by atoms with E-state index in [2.05, 4.69) is 151 Å². The Bertz CT molecular complexity index is 8230. The summed E-state index contributed by atoms with van der Waals surface area (Å²) >= 11 is 0. The molecule has 668 valence electrons. The molecule has 0 saturated carbocycles. The third kappa shape index (κ3) is 18.3. The molecule has 0 fully saturated rings. The summed E-state index contributed by atoms with van der Waals surface area (Å²) in [6.45, 7) is 11.3. The first kappa shape index (κ1) is 86.9. The minimum Gasteiger partial charge on any atom is -0.365 e. The second-order valence-corrected chi connectivity index (χ2v) is 31.7. The Kier molecular flexibility index (Phi) is 23.9. The van der Waals surface area contributed by atoms with Crippen molar-refractivity contribution in [1.29, 1.82) is 0 Å². The number of imidazole rings is 4. The molecular weight excluding hydrogens is 1720 g/mol. The second-order valence-electron chi connectivity index (χ2n) is 31.7. The number of hydrogen-bond donors (Lipinski definition) is 14. The van der Waals surface area contributed by atoms with E-state index in [1.807, 2.05) is 89.2 Å². The molecule has 0 saturated heterocycles. The summed E-state index contributed by atoms with van der Waals surface area (Å²) in [5.41, 5.74) is 35.8. The van der Waals surface area contributed by atoms with Gasteiger partial charge < -0.3 is 53.1 Å². The van der Waals surface area contributed by atoms with E-state index in [9.17, 15) is 38.0 Å². The van der Waals surface area contributed by atoms with Crippen LogP contribution in [0, 0.1) is 17.7 Å². The molecule has 1 aromatic carbocycles. The Balaban J connectivity index is 0.000000120. The molecule has 135 heavy (non-hydrogen) atoms. The van der Waals surface area contributed by atoms with Crippen LogP contribution in [0.3, 0.4) is 0 Å². The number of pyridine rings is 12. The van der Waals surface area contributed by atoms with Gasteiger partial charge in [0.2, 0.25) is 17.7 Å². The Labute approximate surface area is 759 Å². The fourth-order valence-electron chi connectivity index (χ4n) is 14.7. The molecule has 41 nitrogen and oxygen atoms in total. The number of primary amides is 3. The molecule has 42 heteroatoms. The van der Waals surface area contributed by atoms with Gasteiger partial charge in [-0.2, -0.15) is 20.4 Å². The highest BCUT2D eigenvalue weighted by molar-refractivity contribution is 6.08. The van der Waals surface area contributed by atoms with Gasteiger partial charge in [0.1, 0.15) is 56.4 Å². The van der Waals surface area contributed by atoms with Crippen LogP contribution < -0.4 is 33.2 Å². The molecule has 20 heterocycles. The van der Waals surface area contributed by atoms with Gasteiger partial charge in [0.05, 0.1) is 121 Å². The van der Waals surface area contributed by atoms with E-state index in [0.717, 1.165) is 71.7 Å². The number of anilines is 3. The van der Waals surface area contributed by atoms with Crippen molar-refractivity contribution in [1.82, 2.24) is 140 Å². The summed E-state index contributed by atoms with van der Waals surface area (Å²) in [4.78, 5) is 165. The van der Waals surface area contributed by atoms with Crippen LogP contribution in [0.5, 0.6) is 0 Å². The lowest BCUT2D eigenvalue weighted by Crippen LogP contribution is -2.17. The van der Waals surface area contributed by atoms with Gasteiger partial charge in [0.25, 0.3) is 17.7 Å². The number of nitrogens with one attached hydrogen (secondary N) is 11. The van der Waals surface area contributed by atoms with Crippen molar-refractivity contribution in [3.05, 3.63) is 225 Å². The Morgan fingerprint density at radius 1 is 0.363 bits per heavy atom. The first-order valence-corrected chi connectivity index (χ1v) is 42.0. The lowest BCUT2D eigenvalue weighted by molar-refractivity contribution is -0.119. The highest BCUT2D eigenvalue weighted by Gasteiger charge is 2.25. The van der Waals surface area contributed by atoms with Crippen LogP contribution in [0.25, 0.3) is 190 Å². The van der Waals surface area contributed by atoms with Gasteiger partial charge in [0.15, 0.2) is 45.9 Å². The predicted molar refractivity (Wildman–Crippen MR) is 500 cm³/mol. The smallest absolute Gasteiger partial charge is 0.252 e. The number of carbonyl (C=O) groups is 7. The number of fused-ring (bicyclic) bond motifs is 8. The first-order valence-electron chi connectivity index (χ1n) is 42.0. The minimum absolute atomic E-state index is 0.0567. The monoisotopic (exact) mass is 1800 g/mol. The largest absolute Gasteiger partial charge is 0.365 e. The Morgan fingerprint density at radius 3 is 1.09 bits per heavy atom. The third-order valence-corrected chi connectivity index (χ3v) is 21.5. The van der Waals surface area contributed by atoms with E-state index in [1.165, 1.54) is 24.7 Å². The van der Waals surface area contributed by atoms with Crippen molar-refractivity contribution < 1.29 is 38.0 Å². The standard InChI is InChI=1S/C28H23FN8O.C22H19N9O2.C22H18N8O2.C21H17N9O2/c1-15(2)7-24(38)33-18-8-16(10-30-12-18)17-9-20-26(36-37-27(20)32-11-17)28-34-23-14-31-13-21(25(23)35-28)19-5-3-4-6-22(19)29;1-10(2)22(33)27-13-3-11(5-24-7-13)12-4-14-18(30-31-20(14)26-6-12)21-28-16-9-25-8-15(19(23)32)17(16)29-21;1-2-14(31)6-13-4-3-11(7-25-13)12-5-15-19(29-30-21(15)26-8-12)22-27-17-10-24-9-16(20(23)32)18(17)28-22;1-2-16(31)26-12-3-10(5-23-7-12)11-4-13-18(29-30-20(13)25-6-11)21-27-15-9-24-8-14(19(22)32)17(15)28-21/h3-6,8-15H,7H2,1-2H3,(H,33,38)(H,34,35)(H,32,36,37);3-10H,1-2H3,(H2,23,32)(H,27,33)(H,28,29)(H,26,30,31);3-5,7-10H,2,6H2,1H3,(H2,23,32)(H,27,28)(H,26,29,30);3-9H,2H2,1H3,(H2,22,32)(H,26,31)(H,27,28)(H,25,29,30). The van der Waals surface area contributed by atoms with E-state index < -0.39 is 17.7 Å². The molecule has 21 aromatic rings. The number of H-pyrrole nitrogens is 8. The molecule has 0 bridgehead atoms. The van der Waals surface area contributed by atoms with Crippen molar-refractivity contribution in [2.45, 2.75) is 67.2 Å². The molecule has 20 aromatic heterocycles. The lowest BCUT2D eigenvalue weighted by Gasteiger charge is -2.09. The number of aromatic amines is 8. The van der Waals surface area contributed by atoms with Crippen LogP contribution >= 0.6 is 0 Å². The summed E-state index contributed by atoms with van der Waals surface area (Å²) in [6, 6.07) is 23.5. The number of amides is 6. The molecule has 0 aliphatic rings. The molecule has 0 spiro atoms. The van der Waals surface area contributed by atoms with Crippen molar-refractivity contribution in [2.75, 3.05) is 16.0 Å². The number of rotatable bonds is 22. The predicted octanol–water partition coefficient (Wildman–Crippen LogP) is 13.4. The van der Waals surface area contributed by atoms with Gasteiger partial charge >= 0.3 is 0 Å². The molecule has 17 N–H and O–H groups in total. The lowest BCUT2D eigenvalue weighted by atomic mass is 10.1. The maximum Gasteiger partial charge on any atom is 0.252 e. The quantitative estimate of drug-likeness (QED) is 0.0300. The zero-order chi connectivity index (χ0) is 93.8. The molecule has 0 radical (unpaired) electrons. The molecule has 0 atom stereocenters. The Morgan fingerprint density at radius 2 is 0.719 bits per heavy atom. The van der Waals surface area contributed by atoms with Gasteiger partial charge in [-0.1, -0.05) is 65.8 Å². The number of aromatic nitrogens is 28. The van der Waals surface area contributed by atoms with Crippen LogP contribution in [0.2, 0.25) is 0 Å². The number of Topliss-reactive ketones (excluding diaryl/α,β-unsaturated/α-hetero) is 1. The maximum atomic E-state index is 14.5. The van der Waals surface area contributed by atoms with Crippen LogP contribution in [-0.4, -0.2) is 182 Å². The average molecular weight is 1800 g/mol. The molecule has 0 unspecified atom stereocenters. The van der Waals surface area contributed by atoms with Crippen LogP contribution in [0.15, 0.2) is 197 Å². The number of benzene rings is 1. The average Bonchev–Trinajstić information content (AvgIpc) is 1.59. The van der Waals surface area contributed by atoms with Crippen molar-refractivity contribution in [2.24, 2.45) is 29.0 Å². The number of halogens is 1. The van der Waals surface area contributed by atoms with Crippen LogP contribution in [0.4, 0.5) is 21.5 Å². The van der Waals surface area contributed by atoms with E-state index in [0.29, 0.717) is 167 Å². The summed E-state index contributed by atoms with van der Waals surface area (Å²) in [5, 5.41) is 40.5. The third-order valence-electron chi connectivity index (χ3n) is 21.5. The highest BCUT2D eigenvalue weighted by Crippen LogP contribution is 2.38. The fraction of sp³-hybridized carbons (Fsp3) is 0.129. The maximum absolute atomic E-state index is 14.5. The van der Waals surface area contributed by atoms with Gasteiger partial charge in [-0.25, -0.2) is 44.3 Å². The zero-order valence-corrected chi connectivity index (χ0v) is 72.4. The Hall–Kier alpha value is -18.8. The van der Waals surface area contributed by atoms with Gasteiger partial charge in [-0.3, -0.25) is 93.8 Å². The van der Waals surface area contributed by atoms with Gasteiger partial charge in [-0.05, 0) is 60.5 Å². The van der Waals surface area contributed by atoms with Crippen LogP contribution in [-0.2, 0) is 25.6 Å². The van der Waals surface area contributed by atoms with Crippen molar-refractivity contribution in [3.8, 4) is 102 Å². The second kappa shape index (κ2) is 37.1. The van der Waals surface area contributed by atoms with Crippen molar-refractivity contribution in [3.63, 3.8) is 0 Å². The van der Waals surface area contributed by atoms with Gasteiger partial charge in [0, 0.05) is 167 Å². The topological polar surface area (TPSA) is 618 Å². The molecule has 6 amide bonds. The molecule has 0 aliphatic carbocycles. The fourth-order valence-corrected chi connectivity index (χ4v) is 14.7. The summed E-state index contributed by atoms with van der Waals surface area (Å²) in [5.74, 6) is -0.179. The molecular formula is C93H77FN34O7. The molecule has 0 aliphatic heterocycles. The molecule has 21 rings (SSSR count). The van der Waals surface area contributed by atoms with Crippen LogP contribution in [0.1, 0.15) is 97.6 Å². The van der Waals surface area contributed by atoms with E-state index in [-0.39, 0.29) is 57.8 Å². The highest BCUT2D eigenvalue weighted by atomic mass is 19.1. The number of nitrogens with two attached hydrogens (primary N) is 3. The summed E-state index contributed by atoms with van der Waals surface area (Å²) in [6.07, 6.45) is 32.2. The first-order chi connectivity index (χ1) is 65.4. The number of hydrogen-bond acceptors (Lipinski definition) is 27. The summed E-state index contributed by atoms with van der Waals surface area (Å²) in [7, 11) is 0. The summed E-state index contributed by atoms with van der Waals surface area (Å²) < 4.78 is 14.5.